The van der Waals surface area contributed by atoms with Crippen molar-refractivity contribution in [1.82, 2.24) is 0 Å². The number of methoxy groups -OCH3 is 4. The number of hydrogen-bond acceptors (Lipinski definition) is 7. The Balaban J connectivity index is 2.29. The molecule has 0 saturated carbocycles. The number of anilines is 1. The summed E-state index contributed by atoms with van der Waals surface area (Å²) >= 11 is 0. The van der Waals surface area contributed by atoms with Crippen LogP contribution in [-0.2, 0) is 11.2 Å². The van der Waals surface area contributed by atoms with E-state index >= 15 is 0 Å². The van der Waals surface area contributed by atoms with Gasteiger partial charge in [-0.05, 0) is 41.8 Å². The molecule has 0 aliphatic rings. The molecule has 2 aromatic rings. The lowest BCUT2D eigenvalue weighted by Gasteiger charge is -2.16. The van der Waals surface area contributed by atoms with Crippen LogP contribution >= 0.6 is 0 Å². The first-order valence-electron chi connectivity index (χ1n) is 8.60. The van der Waals surface area contributed by atoms with Gasteiger partial charge < -0.3 is 35.1 Å². The Hall–Kier alpha value is -2.97. The maximum absolute atomic E-state index is 11.9. The zero-order chi connectivity index (χ0) is 20.7. The number of aliphatic hydroxyl groups is 1. The molecule has 2 rings (SSSR count). The first-order chi connectivity index (χ1) is 13.5. The molecule has 0 unspecified atom stereocenters. The van der Waals surface area contributed by atoms with Crippen molar-refractivity contribution >= 4 is 11.6 Å². The van der Waals surface area contributed by atoms with Crippen LogP contribution in [0.2, 0.25) is 0 Å². The van der Waals surface area contributed by atoms with Crippen molar-refractivity contribution < 1.29 is 28.8 Å². The number of ether oxygens (including phenoxy) is 4. The van der Waals surface area contributed by atoms with E-state index in [1.807, 2.05) is 24.3 Å². The Kier molecular flexibility index (Phi) is 7.48. The van der Waals surface area contributed by atoms with Crippen LogP contribution in [0, 0.1) is 0 Å². The predicted molar refractivity (Wildman–Crippen MR) is 106 cm³/mol. The second-order valence-corrected chi connectivity index (χ2v) is 6.02. The van der Waals surface area contributed by atoms with Gasteiger partial charge in [-0.3, -0.25) is 4.79 Å². The smallest absolute Gasteiger partial charge is 0.243 e. The van der Waals surface area contributed by atoms with Crippen LogP contribution in [0.1, 0.15) is 11.1 Å². The minimum Gasteiger partial charge on any atom is -0.495 e. The molecule has 8 nitrogen and oxygen atoms in total. The number of amides is 1. The SMILES string of the molecule is COc1cc(Cc2cc(OC)c(OC)c(OC)c2)ccc1NC(=O)[C@@H](N)CO. The second-order valence-electron chi connectivity index (χ2n) is 6.02. The molecule has 0 radical (unpaired) electrons. The van der Waals surface area contributed by atoms with Gasteiger partial charge in [0.1, 0.15) is 11.8 Å². The summed E-state index contributed by atoms with van der Waals surface area (Å²) in [5.74, 6) is 1.68. The number of carbonyl (C=O) groups is 1. The molecule has 8 heteroatoms. The number of hydrogen-bond donors (Lipinski definition) is 3. The fourth-order valence-corrected chi connectivity index (χ4v) is 2.73. The number of nitrogens with two attached hydrogens (primary N) is 1. The summed E-state index contributed by atoms with van der Waals surface area (Å²) in [6.07, 6.45) is 0.581. The number of benzene rings is 2. The van der Waals surface area contributed by atoms with E-state index in [0.29, 0.717) is 35.1 Å². The van der Waals surface area contributed by atoms with Gasteiger partial charge in [0.2, 0.25) is 11.7 Å². The summed E-state index contributed by atoms with van der Waals surface area (Å²) in [7, 11) is 6.21. The van der Waals surface area contributed by atoms with Gasteiger partial charge in [-0.25, -0.2) is 0 Å². The highest BCUT2D eigenvalue weighted by Crippen LogP contribution is 2.39. The molecular weight excluding hydrogens is 364 g/mol. The largest absolute Gasteiger partial charge is 0.495 e. The van der Waals surface area contributed by atoms with Crippen molar-refractivity contribution in [2.45, 2.75) is 12.5 Å². The highest BCUT2D eigenvalue weighted by Gasteiger charge is 2.16. The van der Waals surface area contributed by atoms with E-state index in [-0.39, 0.29) is 0 Å². The fraction of sp³-hybridized carbons (Fsp3) is 0.350. The highest BCUT2D eigenvalue weighted by molar-refractivity contribution is 5.96. The van der Waals surface area contributed by atoms with Crippen molar-refractivity contribution in [3.8, 4) is 23.0 Å². The molecule has 4 N–H and O–H groups in total. The average Bonchev–Trinajstić information content (AvgIpc) is 2.73. The van der Waals surface area contributed by atoms with Crippen LogP contribution in [0.3, 0.4) is 0 Å². The topological polar surface area (TPSA) is 112 Å². The van der Waals surface area contributed by atoms with Crippen molar-refractivity contribution in [1.29, 1.82) is 0 Å². The molecule has 0 aliphatic carbocycles. The fourth-order valence-electron chi connectivity index (χ4n) is 2.73. The highest BCUT2D eigenvalue weighted by atomic mass is 16.5. The van der Waals surface area contributed by atoms with E-state index in [4.69, 9.17) is 29.8 Å². The van der Waals surface area contributed by atoms with Crippen LogP contribution in [0.4, 0.5) is 5.69 Å². The number of nitrogens with one attached hydrogen (secondary N) is 1. The molecule has 2 aromatic carbocycles. The van der Waals surface area contributed by atoms with Gasteiger partial charge in [-0.1, -0.05) is 6.07 Å². The molecular formula is C20H26N2O6. The van der Waals surface area contributed by atoms with Crippen LogP contribution in [0.25, 0.3) is 0 Å². The Labute approximate surface area is 164 Å². The van der Waals surface area contributed by atoms with E-state index in [1.54, 1.807) is 27.4 Å². The summed E-state index contributed by atoms with van der Waals surface area (Å²) < 4.78 is 21.5. The molecule has 152 valence electrons. The third kappa shape index (κ3) is 4.85. The number of carbonyl (C=O) groups excluding carboxylic acids is 1. The van der Waals surface area contributed by atoms with Gasteiger partial charge in [0.15, 0.2) is 11.5 Å². The molecule has 0 heterocycles. The van der Waals surface area contributed by atoms with Crippen molar-refractivity contribution in [3.63, 3.8) is 0 Å². The van der Waals surface area contributed by atoms with Gasteiger partial charge in [0, 0.05) is 0 Å². The van der Waals surface area contributed by atoms with Crippen molar-refractivity contribution in [2.24, 2.45) is 5.73 Å². The predicted octanol–water partition coefficient (Wildman–Crippen LogP) is 1.57. The third-order valence-electron chi connectivity index (χ3n) is 4.19. The van der Waals surface area contributed by atoms with Gasteiger partial charge >= 0.3 is 0 Å². The van der Waals surface area contributed by atoms with Gasteiger partial charge in [0.05, 0.1) is 40.7 Å². The van der Waals surface area contributed by atoms with E-state index in [1.165, 1.54) is 7.11 Å². The first-order valence-corrected chi connectivity index (χ1v) is 8.60. The van der Waals surface area contributed by atoms with E-state index in [0.717, 1.165) is 11.1 Å². The molecule has 1 amide bonds. The van der Waals surface area contributed by atoms with Crippen molar-refractivity contribution in [3.05, 3.63) is 41.5 Å². The minimum atomic E-state index is -0.997. The summed E-state index contributed by atoms with van der Waals surface area (Å²) in [6, 6.07) is 8.18. The number of aliphatic hydroxyl groups excluding tert-OH is 1. The molecule has 28 heavy (non-hydrogen) atoms. The van der Waals surface area contributed by atoms with Crippen LogP contribution < -0.4 is 30.0 Å². The molecule has 0 saturated heterocycles. The van der Waals surface area contributed by atoms with E-state index < -0.39 is 18.6 Å². The molecule has 1 atom stereocenters. The van der Waals surface area contributed by atoms with Crippen LogP contribution in [-0.4, -0.2) is 52.1 Å². The lowest BCUT2D eigenvalue weighted by Crippen LogP contribution is -2.38. The zero-order valence-electron chi connectivity index (χ0n) is 16.4. The summed E-state index contributed by atoms with van der Waals surface area (Å²) in [6.45, 7) is -0.437. The Morgan fingerprint density at radius 1 is 0.964 bits per heavy atom. The quantitative estimate of drug-likeness (QED) is 0.596. The standard InChI is InChI=1S/C20H26N2O6/c1-25-16-8-12(5-6-15(16)22-20(24)14(21)11-23)7-13-9-17(26-2)19(28-4)18(10-13)27-3/h5-6,8-10,14,23H,7,11,21H2,1-4H3,(H,22,24)/t14-/m0/s1. The molecule has 0 aromatic heterocycles. The molecule has 0 spiro atoms. The Morgan fingerprint density at radius 3 is 2.04 bits per heavy atom. The summed E-state index contributed by atoms with van der Waals surface area (Å²) in [5, 5.41) is 11.6. The van der Waals surface area contributed by atoms with Gasteiger partial charge in [-0.15, -0.1) is 0 Å². The summed E-state index contributed by atoms with van der Waals surface area (Å²) in [4.78, 5) is 11.9. The van der Waals surface area contributed by atoms with Gasteiger partial charge in [0.25, 0.3) is 0 Å². The Morgan fingerprint density at radius 2 is 1.54 bits per heavy atom. The maximum Gasteiger partial charge on any atom is 0.243 e. The van der Waals surface area contributed by atoms with Gasteiger partial charge in [-0.2, -0.15) is 0 Å². The van der Waals surface area contributed by atoms with Crippen molar-refractivity contribution in [2.75, 3.05) is 40.4 Å². The average molecular weight is 390 g/mol. The third-order valence-corrected chi connectivity index (χ3v) is 4.19. The van der Waals surface area contributed by atoms with Crippen LogP contribution in [0.5, 0.6) is 23.0 Å². The zero-order valence-corrected chi connectivity index (χ0v) is 16.4. The molecule has 0 fully saturated rings. The monoisotopic (exact) mass is 390 g/mol. The van der Waals surface area contributed by atoms with E-state index in [2.05, 4.69) is 5.32 Å². The lowest BCUT2D eigenvalue weighted by molar-refractivity contribution is -0.118. The first kappa shape index (κ1) is 21.3. The number of rotatable bonds is 9. The molecule has 0 aliphatic heterocycles. The van der Waals surface area contributed by atoms with E-state index in [9.17, 15) is 4.79 Å². The second kappa shape index (κ2) is 9.82. The maximum atomic E-state index is 11.9. The summed E-state index contributed by atoms with van der Waals surface area (Å²) in [5.41, 5.74) is 7.91. The van der Waals surface area contributed by atoms with Crippen LogP contribution in [0.15, 0.2) is 30.3 Å². The molecule has 0 bridgehead atoms. The lowest BCUT2D eigenvalue weighted by atomic mass is 10.0. The minimum absolute atomic E-state index is 0.437. The normalized spacial score (nSPS) is 11.5. The Bertz CT molecular complexity index is 799.